The molecule has 1 aliphatic heterocycles. The van der Waals surface area contributed by atoms with Crippen molar-refractivity contribution in [3.8, 4) is 0 Å². The molecule has 1 aliphatic carbocycles. The zero-order valence-electron chi connectivity index (χ0n) is 19.5. The molecule has 6 heteroatoms. The zero-order chi connectivity index (χ0) is 23.0. The van der Waals surface area contributed by atoms with Crippen molar-refractivity contribution in [3.63, 3.8) is 0 Å². The van der Waals surface area contributed by atoms with E-state index >= 15 is 0 Å². The molecule has 0 spiro atoms. The molecule has 0 unspecified atom stereocenters. The number of nitrogens with zero attached hydrogens (tertiary/aromatic N) is 2. The van der Waals surface area contributed by atoms with Gasteiger partial charge >= 0.3 is 0 Å². The van der Waals surface area contributed by atoms with Gasteiger partial charge < -0.3 is 9.80 Å². The maximum atomic E-state index is 13.8. The Morgan fingerprint density at radius 2 is 1.78 bits per heavy atom. The third kappa shape index (κ3) is 4.89. The molecule has 0 radical (unpaired) electrons. The van der Waals surface area contributed by atoms with E-state index in [1.54, 1.807) is 17.4 Å². The van der Waals surface area contributed by atoms with E-state index in [0.29, 0.717) is 35.5 Å². The van der Waals surface area contributed by atoms with E-state index in [1.165, 1.54) is 0 Å². The number of hydrogen-bond acceptors (Lipinski definition) is 4. The Morgan fingerprint density at radius 1 is 1.12 bits per heavy atom. The monoisotopic (exact) mass is 472 g/mol. The summed E-state index contributed by atoms with van der Waals surface area (Å²) >= 11 is 8.15. The van der Waals surface area contributed by atoms with Crippen molar-refractivity contribution in [1.82, 2.24) is 4.90 Å². The van der Waals surface area contributed by atoms with Crippen molar-refractivity contribution < 1.29 is 9.59 Å². The Hall–Kier alpha value is -1.85. The summed E-state index contributed by atoms with van der Waals surface area (Å²) in [6.45, 7) is 12.0. The number of anilines is 1. The van der Waals surface area contributed by atoms with Crippen molar-refractivity contribution >= 4 is 39.6 Å². The summed E-state index contributed by atoms with van der Waals surface area (Å²) < 4.78 is 0. The predicted octanol–water partition coefficient (Wildman–Crippen LogP) is 6.05. The second kappa shape index (κ2) is 9.56. The molecule has 1 aromatic carbocycles. The van der Waals surface area contributed by atoms with Crippen molar-refractivity contribution in [2.45, 2.75) is 53.5 Å². The molecule has 2 heterocycles. The minimum atomic E-state index is 0.00239. The van der Waals surface area contributed by atoms with Gasteiger partial charge in [-0.25, -0.2) is 0 Å². The summed E-state index contributed by atoms with van der Waals surface area (Å²) in [5.41, 5.74) is 2.48. The van der Waals surface area contributed by atoms with Gasteiger partial charge in [0.25, 0.3) is 0 Å². The maximum absolute atomic E-state index is 13.8. The van der Waals surface area contributed by atoms with E-state index in [-0.39, 0.29) is 17.6 Å². The van der Waals surface area contributed by atoms with Gasteiger partial charge in [0.1, 0.15) is 5.00 Å². The molecule has 2 aliphatic rings. The number of benzene rings is 1. The van der Waals surface area contributed by atoms with E-state index in [0.717, 1.165) is 53.4 Å². The van der Waals surface area contributed by atoms with Gasteiger partial charge in [0, 0.05) is 36.0 Å². The Bertz CT molecular complexity index is 999. The lowest BCUT2D eigenvalue weighted by Crippen LogP contribution is -2.36. The molecule has 172 valence electrons. The van der Waals surface area contributed by atoms with Gasteiger partial charge in [-0.1, -0.05) is 51.4 Å². The van der Waals surface area contributed by atoms with E-state index in [1.807, 2.05) is 23.1 Å². The lowest BCUT2D eigenvalue weighted by molar-refractivity contribution is -0.133. The molecule has 1 aromatic heterocycles. The third-order valence-corrected chi connectivity index (χ3v) is 7.69. The van der Waals surface area contributed by atoms with Crippen LogP contribution in [0.1, 0.15) is 66.9 Å². The lowest BCUT2D eigenvalue weighted by Gasteiger charge is -2.28. The summed E-state index contributed by atoms with van der Waals surface area (Å²) in [6.07, 6.45) is 2.77. The van der Waals surface area contributed by atoms with Crippen LogP contribution in [0.2, 0.25) is 5.02 Å². The highest BCUT2D eigenvalue weighted by atomic mass is 35.5. The average molecular weight is 473 g/mol. The summed E-state index contributed by atoms with van der Waals surface area (Å²) in [5.74, 6) is 1.46. The molecule has 0 saturated heterocycles. The highest BCUT2D eigenvalue weighted by Gasteiger charge is 2.37. The number of fused-ring (bicyclic) bond motifs is 1. The molecule has 1 saturated carbocycles. The maximum Gasteiger partial charge on any atom is 0.226 e. The Balaban J connectivity index is 1.78. The van der Waals surface area contributed by atoms with Gasteiger partial charge in [0.15, 0.2) is 5.78 Å². The van der Waals surface area contributed by atoms with Gasteiger partial charge in [-0.3, -0.25) is 9.59 Å². The van der Waals surface area contributed by atoms with E-state index in [2.05, 4.69) is 32.6 Å². The number of hydrogen-bond donors (Lipinski definition) is 0. The fourth-order valence-corrected chi connectivity index (χ4v) is 6.12. The number of carbonyl (C=O) groups is 2. The van der Waals surface area contributed by atoms with E-state index in [9.17, 15) is 9.59 Å². The first kappa shape index (κ1) is 23.3. The molecule has 1 fully saturated rings. The molecule has 0 atom stereocenters. The van der Waals surface area contributed by atoms with Gasteiger partial charge in [-0.2, -0.15) is 0 Å². The van der Waals surface area contributed by atoms with Gasteiger partial charge in [-0.15, -0.1) is 11.3 Å². The number of carbonyl (C=O) groups excluding carboxylic acids is 2. The van der Waals surface area contributed by atoms with Crippen molar-refractivity contribution in [2.75, 3.05) is 24.5 Å². The van der Waals surface area contributed by atoms with Crippen LogP contribution >= 0.6 is 22.9 Å². The van der Waals surface area contributed by atoms with Crippen LogP contribution in [-0.2, 0) is 17.8 Å². The Labute approximate surface area is 200 Å². The predicted molar refractivity (Wildman–Crippen MR) is 133 cm³/mol. The number of halogens is 1. The van der Waals surface area contributed by atoms with Crippen LogP contribution in [0, 0.1) is 17.8 Å². The van der Waals surface area contributed by atoms with Crippen LogP contribution in [0.5, 0.6) is 0 Å². The first-order valence-corrected chi connectivity index (χ1v) is 12.9. The highest BCUT2D eigenvalue weighted by Crippen LogP contribution is 2.43. The number of thiophene rings is 1. The molecular formula is C26H33ClN2O2S. The fraction of sp³-hybridized carbons (Fsp3) is 0.538. The van der Waals surface area contributed by atoms with Crippen LogP contribution in [-0.4, -0.2) is 36.2 Å². The van der Waals surface area contributed by atoms with Crippen LogP contribution in [0.3, 0.4) is 0 Å². The van der Waals surface area contributed by atoms with E-state index in [4.69, 9.17) is 11.6 Å². The minimum absolute atomic E-state index is 0.00239. The highest BCUT2D eigenvalue weighted by molar-refractivity contribution is 7.16. The summed E-state index contributed by atoms with van der Waals surface area (Å²) in [7, 11) is 0. The van der Waals surface area contributed by atoms with Gasteiger partial charge in [0.2, 0.25) is 5.91 Å². The topological polar surface area (TPSA) is 40.6 Å². The Morgan fingerprint density at radius 3 is 2.38 bits per heavy atom. The second-order valence-electron chi connectivity index (χ2n) is 9.97. The standard InChI is InChI=1S/C26H33ClN2O2S/c1-16(2)13-29(14-17(3)4)26-23(24(30)19-7-5-6-8-21(19)27)20-11-12-28(15-22(20)32-26)25(31)18-9-10-18/h5-8,16-18H,9-15H2,1-4H3. The molecule has 0 bridgehead atoms. The number of rotatable bonds is 8. The molecule has 32 heavy (non-hydrogen) atoms. The number of ketones is 1. The summed E-state index contributed by atoms with van der Waals surface area (Å²) in [6, 6.07) is 7.32. The largest absolute Gasteiger partial charge is 0.362 e. The van der Waals surface area contributed by atoms with Gasteiger partial charge in [0.05, 0.1) is 17.1 Å². The first-order chi connectivity index (χ1) is 15.3. The van der Waals surface area contributed by atoms with Crippen LogP contribution in [0.15, 0.2) is 24.3 Å². The molecular weight excluding hydrogens is 440 g/mol. The zero-order valence-corrected chi connectivity index (χ0v) is 21.1. The first-order valence-electron chi connectivity index (χ1n) is 11.7. The summed E-state index contributed by atoms with van der Waals surface area (Å²) in [5, 5.41) is 1.53. The van der Waals surface area contributed by atoms with Crippen molar-refractivity contribution in [1.29, 1.82) is 0 Å². The van der Waals surface area contributed by atoms with Crippen LogP contribution in [0.4, 0.5) is 5.00 Å². The Kier molecular flexibility index (Phi) is 6.97. The molecule has 1 amide bonds. The minimum Gasteiger partial charge on any atom is -0.362 e. The van der Waals surface area contributed by atoms with E-state index < -0.39 is 0 Å². The van der Waals surface area contributed by atoms with Gasteiger partial charge in [-0.05, 0) is 48.8 Å². The molecule has 4 nitrogen and oxygen atoms in total. The fourth-order valence-electron chi connectivity index (χ4n) is 4.52. The summed E-state index contributed by atoms with van der Waals surface area (Å²) in [4.78, 5) is 32.1. The normalized spacial score (nSPS) is 15.9. The van der Waals surface area contributed by atoms with Crippen molar-refractivity contribution in [3.05, 3.63) is 50.9 Å². The van der Waals surface area contributed by atoms with Crippen LogP contribution < -0.4 is 4.90 Å². The molecule has 4 rings (SSSR count). The SMILES string of the molecule is CC(C)CN(CC(C)C)c1sc2c(c1C(=O)c1ccccc1Cl)CCN(C(=O)C1CC1)C2. The quantitative estimate of drug-likeness (QED) is 0.439. The van der Waals surface area contributed by atoms with Crippen LogP contribution in [0.25, 0.3) is 0 Å². The average Bonchev–Trinajstić information content (AvgIpc) is 3.51. The third-order valence-electron chi connectivity index (χ3n) is 6.08. The lowest BCUT2D eigenvalue weighted by atomic mass is 9.95. The van der Waals surface area contributed by atoms with Crippen molar-refractivity contribution in [2.24, 2.45) is 17.8 Å². The smallest absolute Gasteiger partial charge is 0.226 e. The molecule has 2 aromatic rings. The second-order valence-corrected chi connectivity index (χ2v) is 11.5. The number of amides is 1. The molecule has 0 N–H and O–H groups in total.